The summed E-state index contributed by atoms with van der Waals surface area (Å²) in [5, 5.41) is 9.20. The lowest BCUT2D eigenvalue weighted by molar-refractivity contribution is -0.152. The van der Waals surface area contributed by atoms with Crippen molar-refractivity contribution < 1.29 is 24.2 Å². The number of nitrogens with zero attached hydrogens (tertiary/aromatic N) is 2. The monoisotopic (exact) mass is 482 g/mol. The van der Waals surface area contributed by atoms with Gasteiger partial charge in [0.25, 0.3) is 0 Å². The van der Waals surface area contributed by atoms with Crippen LogP contribution in [0.15, 0.2) is 48.5 Å². The number of carboxylic acids is 1. The van der Waals surface area contributed by atoms with E-state index in [0.717, 1.165) is 12.0 Å². The highest BCUT2D eigenvalue weighted by Gasteiger charge is 2.36. The number of carboxylic acid groups (broad SMARTS) is 1. The molecule has 1 fully saturated rings. The summed E-state index contributed by atoms with van der Waals surface area (Å²) < 4.78 is 11.4. The van der Waals surface area contributed by atoms with Gasteiger partial charge in [0, 0.05) is 26.1 Å². The lowest BCUT2D eigenvalue weighted by Crippen LogP contribution is -2.37. The van der Waals surface area contributed by atoms with Gasteiger partial charge in [0.15, 0.2) is 5.60 Å². The van der Waals surface area contributed by atoms with Crippen molar-refractivity contribution in [2.24, 2.45) is 0 Å². The van der Waals surface area contributed by atoms with Crippen molar-refractivity contribution in [1.82, 2.24) is 9.80 Å². The molecule has 0 aromatic heterocycles. The van der Waals surface area contributed by atoms with Gasteiger partial charge in [-0.05, 0) is 61.6 Å². The Labute approximate surface area is 208 Å². The largest absolute Gasteiger partial charge is 0.494 e. The maximum absolute atomic E-state index is 13.0. The number of carbonyl (C=O) groups is 2. The molecular formula is C28H38N2O5. The summed E-state index contributed by atoms with van der Waals surface area (Å²) in [6.45, 7) is 14.0. The quantitative estimate of drug-likeness (QED) is 0.496. The highest BCUT2D eigenvalue weighted by molar-refractivity contribution is 5.77. The van der Waals surface area contributed by atoms with E-state index < -0.39 is 11.6 Å². The molecule has 0 spiro atoms. The molecule has 1 unspecified atom stereocenters. The van der Waals surface area contributed by atoms with Crippen molar-refractivity contribution >= 4 is 12.0 Å². The minimum Gasteiger partial charge on any atom is -0.494 e. The summed E-state index contributed by atoms with van der Waals surface area (Å²) in [4.78, 5) is 28.0. The topological polar surface area (TPSA) is 79.3 Å². The second kappa shape index (κ2) is 10.6. The lowest BCUT2D eigenvalue weighted by atomic mass is 9.87. The Hall–Kier alpha value is -3.22. The molecular weight excluding hydrogens is 444 g/mol. The van der Waals surface area contributed by atoms with E-state index in [1.165, 1.54) is 19.4 Å². The molecule has 190 valence electrons. The minimum absolute atomic E-state index is 0.0694. The van der Waals surface area contributed by atoms with E-state index >= 15 is 0 Å². The first-order valence-electron chi connectivity index (χ1n) is 12.2. The number of hydrogen-bond acceptors (Lipinski definition) is 4. The molecule has 2 aromatic rings. The standard InChI is InChI=1S/C28H38N2O5/c1-7-30-22(16-17-34-23-12-14-24(15-13-23)35-28(5,6)25(31)32)19-29(26(30)33)18-20-8-10-21(11-9-20)27(2,3)4/h8-15,22H,7,16-19H2,1-6H3,(H,31,32). The van der Waals surface area contributed by atoms with Crippen LogP contribution in [0, 0.1) is 0 Å². The Bertz CT molecular complexity index is 1010. The van der Waals surface area contributed by atoms with Crippen LogP contribution in [0.3, 0.4) is 0 Å². The van der Waals surface area contributed by atoms with Crippen LogP contribution in [0.25, 0.3) is 0 Å². The van der Waals surface area contributed by atoms with Gasteiger partial charge in [0.05, 0.1) is 12.6 Å². The van der Waals surface area contributed by atoms with Crippen LogP contribution in [0.4, 0.5) is 4.79 Å². The smallest absolute Gasteiger partial charge is 0.347 e. The molecule has 0 radical (unpaired) electrons. The Morgan fingerprint density at radius 2 is 1.60 bits per heavy atom. The first-order chi connectivity index (χ1) is 16.4. The average Bonchev–Trinajstić information content (AvgIpc) is 3.08. The zero-order chi connectivity index (χ0) is 25.8. The Morgan fingerprint density at radius 1 is 1.00 bits per heavy atom. The highest BCUT2D eigenvalue weighted by atomic mass is 16.5. The van der Waals surface area contributed by atoms with E-state index in [4.69, 9.17) is 9.47 Å². The van der Waals surface area contributed by atoms with E-state index in [-0.39, 0.29) is 17.5 Å². The van der Waals surface area contributed by atoms with Gasteiger partial charge in [0.1, 0.15) is 11.5 Å². The number of urea groups is 1. The molecule has 0 aliphatic carbocycles. The molecule has 1 atom stereocenters. The molecule has 1 N–H and O–H groups in total. The van der Waals surface area contributed by atoms with Crippen molar-refractivity contribution in [1.29, 1.82) is 0 Å². The van der Waals surface area contributed by atoms with Gasteiger partial charge in [-0.25, -0.2) is 9.59 Å². The van der Waals surface area contributed by atoms with E-state index in [1.54, 1.807) is 24.3 Å². The molecule has 7 heteroatoms. The number of likely N-dealkylation sites (N-methyl/N-ethyl adjacent to an activating group) is 1. The molecule has 0 saturated carbocycles. The Kier molecular flexibility index (Phi) is 7.98. The zero-order valence-electron chi connectivity index (χ0n) is 21.7. The van der Waals surface area contributed by atoms with E-state index in [1.807, 2.05) is 16.7 Å². The molecule has 1 heterocycles. The van der Waals surface area contributed by atoms with Gasteiger partial charge in [0.2, 0.25) is 0 Å². The van der Waals surface area contributed by atoms with Crippen molar-refractivity contribution in [2.45, 2.75) is 71.6 Å². The molecule has 2 aromatic carbocycles. The second-order valence-electron chi connectivity index (χ2n) is 10.6. The third-order valence-electron chi connectivity index (χ3n) is 6.35. The van der Waals surface area contributed by atoms with Crippen LogP contribution in [-0.2, 0) is 16.8 Å². The predicted octanol–water partition coefficient (Wildman–Crippen LogP) is 5.32. The zero-order valence-corrected chi connectivity index (χ0v) is 21.7. The number of benzene rings is 2. The molecule has 7 nitrogen and oxygen atoms in total. The fraction of sp³-hybridized carbons (Fsp3) is 0.500. The van der Waals surface area contributed by atoms with E-state index in [2.05, 4.69) is 45.0 Å². The van der Waals surface area contributed by atoms with Gasteiger partial charge >= 0.3 is 12.0 Å². The molecule has 0 bridgehead atoms. The van der Waals surface area contributed by atoms with Gasteiger partial charge in [-0.15, -0.1) is 0 Å². The third-order valence-corrected chi connectivity index (χ3v) is 6.35. The second-order valence-corrected chi connectivity index (χ2v) is 10.6. The molecule has 1 aliphatic heterocycles. The molecule has 1 aliphatic rings. The molecule has 1 saturated heterocycles. The number of rotatable bonds is 10. The van der Waals surface area contributed by atoms with E-state index in [0.29, 0.717) is 37.7 Å². The van der Waals surface area contributed by atoms with Crippen molar-refractivity contribution in [3.63, 3.8) is 0 Å². The normalized spacial score (nSPS) is 16.5. The fourth-order valence-electron chi connectivity index (χ4n) is 4.13. The maximum atomic E-state index is 13.0. The van der Waals surface area contributed by atoms with Crippen molar-refractivity contribution in [2.75, 3.05) is 19.7 Å². The van der Waals surface area contributed by atoms with Crippen LogP contribution in [0.1, 0.15) is 59.1 Å². The van der Waals surface area contributed by atoms with Gasteiger partial charge in [-0.3, -0.25) is 0 Å². The third kappa shape index (κ3) is 6.68. The molecule has 35 heavy (non-hydrogen) atoms. The molecule has 2 amide bonds. The summed E-state index contributed by atoms with van der Waals surface area (Å²) in [5.41, 5.74) is 1.22. The Morgan fingerprint density at radius 3 is 2.14 bits per heavy atom. The van der Waals surface area contributed by atoms with E-state index in [9.17, 15) is 14.7 Å². The van der Waals surface area contributed by atoms with Crippen LogP contribution < -0.4 is 9.47 Å². The lowest BCUT2D eigenvalue weighted by Gasteiger charge is -2.22. The predicted molar refractivity (Wildman–Crippen MR) is 136 cm³/mol. The number of aliphatic carboxylic acids is 1. The van der Waals surface area contributed by atoms with Crippen molar-refractivity contribution in [3.8, 4) is 11.5 Å². The summed E-state index contributed by atoms with van der Waals surface area (Å²) in [6.07, 6.45) is 0.726. The number of hydrogen-bond donors (Lipinski definition) is 1. The van der Waals surface area contributed by atoms with Crippen molar-refractivity contribution in [3.05, 3.63) is 59.7 Å². The van der Waals surface area contributed by atoms with Crippen LogP contribution >= 0.6 is 0 Å². The summed E-state index contributed by atoms with van der Waals surface area (Å²) in [5.74, 6) is 0.114. The first kappa shape index (κ1) is 26.4. The summed E-state index contributed by atoms with van der Waals surface area (Å²) >= 11 is 0. The first-order valence-corrected chi connectivity index (χ1v) is 12.2. The number of ether oxygens (including phenoxy) is 2. The number of amides is 2. The minimum atomic E-state index is -1.30. The highest BCUT2D eigenvalue weighted by Crippen LogP contribution is 2.26. The van der Waals surface area contributed by atoms with Gasteiger partial charge in [-0.1, -0.05) is 45.0 Å². The SMILES string of the molecule is CCN1C(=O)N(Cc2ccc(C(C)(C)C)cc2)CC1CCOc1ccc(OC(C)(C)C(=O)O)cc1. The van der Waals surface area contributed by atoms with Crippen LogP contribution in [0.5, 0.6) is 11.5 Å². The van der Waals surface area contributed by atoms with Crippen LogP contribution in [-0.4, -0.2) is 58.2 Å². The number of carbonyl (C=O) groups excluding carboxylic acids is 1. The van der Waals surface area contributed by atoms with Crippen LogP contribution in [0.2, 0.25) is 0 Å². The maximum Gasteiger partial charge on any atom is 0.347 e. The average molecular weight is 483 g/mol. The molecule has 3 rings (SSSR count). The van der Waals surface area contributed by atoms with Gasteiger partial charge in [-0.2, -0.15) is 0 Å². The fourth-order valence-corrected chi connectivity index (χ4v) is 4.13. The Balaban J connectivity index is 1.53. The summed E-state index contributed by atoms with van der Waals surface area (Å²) in [7, 11) is 0. The van der Waals surface area contributed by atoms with Gasteiger partial charge < -0.3 is 24.4 Å². The summed E-state index contributed by atoms with van der Waals surface area (Å²) in [6, 6.07) is 15.6.